The monoisotopic (exact) mass is 1770 g/mol. The quantitative estimate of drug-likeness (QED) is 0.0118. The second kappa shape index (κ2) is 64.0. The number of piperidine rings is 7. The normalized spacial score (nSPS) is 23.7. The van der Waals surface area contributed by atoms with Gasteiger partial charge in [0.05, 0.1) is 24.0 Å². The molecular formula is C102H166B2N13O11. The zero-order valence-corrected chi connectivity index (χ0v) is 80.8. The van der Waals surface area contributed by atoms with Crippen LogP contribution in [0.5, 0.6) is 0 Å². The molecular weight excluding hydrogens is 1600 g/mol. The molecule has 13 atom stereocenters. The van der Waals surface area contributed by atoms with Crippen molar-refractivity contribution in [1.82, 2.24) is 51.1 Å². The summed E-state index contributed by atoms with van der Waals surface area (Å²) in [6.07, 6.45) is 6.44. The maximum Gasteiger partial charge on any atom is 0.407 e. The zero-order valence-electron chi connectivity index (χ0n) is 80.8. The summed E-state index contributed by atoms with van der Waals surface area (Å²) < 4.78 is 25.2. The van der Waals surface area contributed by atoms with Crippen molar-refractivity contribution in [1.29, 1.82) is 10.5 Å². The number of amides is 3. The number of benzene rings is 5. The van der Waals surface area contributed by atoms with Crippen LogP contribution in [0.3, 0.4) is 0 Å². The fourth-order valence-electron chi connectivity index (χ4n) is 16.5. The third kappa shape index (κ3) is 50.4. The predicted octanol–water partition coefficient (Wildman–Crippen LogP) is 16.6. The van der Waals surface area contributed by atoms with Crippen LogP contribution in [-0.4, -0.2) is 217 Å². The van der Waals surface area contributed by atoms with E-state index in [2.05, 4.69) is 248 Å². The van der Waals surface area contributed by atoms with Crippen LogP contribution in [0.25, 0.3) is 0 Å². The number of nitrogens with two attached hydrogens (primary N) is 1. The van der Waals surface area contributed by atoms with Crippen molar-refractivity contribution in [2.45, 2.75) is 220 Å². The molecule has 3 amide bonds. The summed E-state index contributed by atoms with van der Waals surface area (Å²) in [7, 11) is 2.97. The Labute approximate surface area is 774 Å². The summed E-state index contributed by atoms with van der Waals surface area (Å²) >= 11 is 0. The van der Waals surface area contributed by atoms with Crippen molar-refractivity contribution in [2.24, 2.45) is 82.7 Å². The molecule has 0 aliphatic carbocycles. The van der Waals surface area contributed by atoms with Crippen LogP contribution in [0.2, 0.25) is 6.82 Å². The minimum absolute atomic E-state index is 0. The molecule has 24 nitrogen and oxygen atoms in total. The first-order valence-electron chi connectivity index (χ1n) is 46.7. The Morgan fingerprint density at radius 2 is 0.734 bits per heavy atom. The number of nitriles is 2. The SMILES string of the molecule is C.CC1CN(Cc2ccccc2)CCC1=O.CO.C[B]OOCB=O.C[C@@H]1CN(Cc2ccccc2)CCC1C#N.C[C@@H]1CN(Cc2ccccc2)CCC1CN.C[C@@H]1CN(Cc2ccccc2)CCC1CNC(=O)OC(C)(C)C.C[C@@H]1CN(Cc2ccccc2)CC[C@@H]1C#N.C[C@@H]1CNCCC1CNC(=O)OC(C)(C)C.C[C@@H]1CNCC[C@@H]1CNC(=O)OC(C)(C)C. The van der Waals surface area contributed by atoms with E-state index in [0.29, 0.717) is 73.2 Å². The summed E-state index contributed by atoms with van der Waals surface area (Å²) in [5.74, 6) is 7.06. The van der Waals surface area contributed by atoms with Gasteiger partial charge in [-0.3, -0.25) is 29.3 Å². The number of hydrogen-bond donors (Lipinski definition) is 7. The molecule has 7 heterocycles. The molecule has 5 aromatic carbocycles. The van der Waals surface area contributed by atoms with E-state index in [4.69, 9.17) is 35.6 Å². The van der Waals surface area contributed by atoms with E-state index in [1.54, 1.807) is 6.82 Å². The average molecular weight is 1770 g/mol. The zero-order chi connectivity index (χ0) is 93.6. The Bertz CT molecular complexity index is 3710. The summed E-state index contributed by atoms with van der Waals surface area (Å²) in [4.78, 5) is 66.8. The molecule has 711 valence electrons. The van der Waals surface area contributed by atoms with Crippen LogP contribution in [-0.2, 0) is 66.1 Å². The second-order valence-corrected chi connectivity index (χ2v) is 38.4. The first-order valence-corrected chi connectivity index (χ1v) is 46.7. The molecule has 0 bridgehead atoms. The largest absolute Gasteiger partial charge is 0.444 e. The molecule has 26 heteroatoms. The van der Waals surface area contributed by atoms with Gasteiger partial charge in [-0.05, 0) is 247 Å². The van der Waals surface area contributed by atoms with Gasteiger partial charge in [-0.25, -0.2) is 14.4 Å². The van der Waals surface area contributed by atoms with Crippen LogP contribution in [0.15, 0.2) is 152 Å². The minimum Gasteiger partial charge on any atom is -0.444 e. The Morgan fingerprint density at radius 1 is 0.445 bits per heavy atom. The number of nitrogens with zero attached hydrogens (tertiary/aromatic N) is 7. The fourth-order valence-corrected chi connectivity index (χ4v) is 16.5. The summed E-state index contributed by atoms with van der Waals surface area (Å²) in [6.45, 7) is 56.8. The molecule has 5 aromatic rings. The molecule has 0 spiro atoms. The van der Waals surface area contributed by atoms with E-state index < -0.39 is 16.8 Å². The number of nitrogens with one attached hydrogen (secondary N) is 5. The number of aliphatic hydroxyl groups excluding tert-OH is 1. The van der Waals surface area contributed by atoms with Crippen molar-refractivity contribution in [3.05, 3.63) is 179 Å². The van der Waals surface area contributed by atoms with Gasteiger partial charge in [0.25, 0.3) is 0 Å². The van der Waals surface area contributed by atoms with Crippen LogP contribution >= 0.6 is 0 Å². The van der Waals surface area contributed by atoms with Gasteiger partial charge in [-0.1, -0.05) is 208 Å². The summed E-state index contributed by atoms with van der Waals surface area (Å²) in [5, 5.41) is 40.3. The maximum absolute atomic E-state index is 11.8. The van der Waals surface area contributed by atoms with E-state index in [9.17, 15) is 23.9 Å². The molecule has 7 saturated heterocycles. The Hall–Kier alpha value is -7.95. The van der Waals surface area contributed by atoms with Crippen molar-refractivity contribution >= 4 is 38.7 Å². The third-order valence-electron chi connectivity index (χ3n) is 23.9. The molecule has 0 saturated carbocycles. The number of hydrogen-bond acceptors (Lipinski definition) is 21. The smallest absolute Gasteiger partial charge is 0.407 e. The summed E-state index contributed by atoms with van der Waals surface area (Å²) in [5.41, 5.74) is 11.4. The van der Waals surface area contributed by atoms with Crippen molar-refractivity contribution in [3.8, 4) is 12.1 Å². The number of rotatable bonds is 21. The van der Waals surface area contributed by atoms with Gasteiger partial charge >= 0.3 is 60.6 Å². The predicted molar refractivity (Wildman–Crippen MR) is 520 cm³/mol. The topological polar surface area (TPSA) is 302 Å². The number of alkyl carbamates (subject to hydrolysis) is 3. The third-order valence-corrected chi connectivity index (χ3v) is 23.9. The van der Waals surface area contributed by atoms with Gasteiger partial charge in [0, 0.05) is 111 Å². The minimum atomic E-state index is -0.436. The van der Waals surface area contributed by atoms with Crippen molar-refractivity contribution in [2.75, 3.05) is 131 Å². The van der Waals surface area contributed by atoms with Crippen LogP contribution in [0.1, 0.15) is 191 Å². The second-order valence-electron chi connectivity index (χ2n) is 38.4. The molecule has 7 aliphatic heterocycles. The maximum atomic E-state index is 11.8. The van der Waals surface area contributed by atoms with Gasteiger partial charge in [-0.2, -0.15) is 10.5 Å². The molecule has 7 aliphatic rings. The van der Waals surface area contributed by atoms with Gasteiger partial charge in [0.15, 0.2) is 0 Å². The molecule has 8 N–H and O–H groups in total. The molecule has 12 rings (SSSR count). The molecule has 0 aromatic heterocycles. The number of ketones is 1. The number of ether oxygens (including phenoxy) is 3. The van der Waals surface area contributed by atoms with Gasteiger partial charge in [0.1, 0.15) is 22.6 Å². The van der Waals surface area contributed by atoms with E-state index >= 15 is 0 Å². The number of carbonyl (C=O) groups excluding carboxylic acids is 4. The Morgan fingerprint density at radius 3 is 0.992 bits per heavy atom. The van der Waals surface area contributed by atoms with E-state index in [1.165, 1.54) is 54.8 Å². The van der Waals surface area contributed by atoms with Crippen LogP contribution in [0, 0.1) is 99.6 Å². The Kier molecular flexibility index (Phi) is 57.1. The number of likely N-dealkylation sites (tertiary alicyclic amines) is 5. The van der Waals surface area contributed by atoms with E-state index in [0.717, 1.165) is 182 Å². The Balaban J connectivity index is 0.000000380. The summed E-state index contributed by atoms with van der Waals surface area (Å²) in [6, 6.07) is 57.7. The standard InChI is InChI=1S/C19H30N2O2.C14H22N2.2C14H18N2.C13H17NO.2C12H24N2O2.C2H5B2O3.CH4O.CH4/c1-15-13-21(14-16-8-6-5-7-9-16)11-10-17(15)12-20-18(22)23-19(2,3)4;3*1-12-10-16(8-7-14(12)9-15)11-13-5-3-2-4-6-13;1-11-9-14(8-7-13(11)15)10-12-5-3-2-4-6-12;2*1-9-7-13-6-5-10(9)8-14-11(15)16-12(2,3)4;1-3-7-6-2-4-5;1-2;/h5-9,15,17H,10-14H2,1-4H3,(H,20,22);2-6,12,14H,7-11,15H2,1H3;2*2-6,12,14H,7-8,10-11H2,1H3;2-6,11H,7-10H2,1H3;2*9-10,13H,5-8H2,1-4H3,(H,14,15);2H2,1H3;2H,1H3;1H4/t15-,17?;2*12-,14?;12-,14-;;9-,10?;9-,10-;;;/m1111.11.../s1. The van der Waals surface area contributed by atoms with E-state index in [-0.39, 0.29) is 50.0 Å². The first kappa shape index (κ1) is 114. The molecule has 1 radical (unpaired) electrons. The first-order chi connectivity index (χ1) is 60.6. The molecule has 128 heavy (non-hydrogen) atoms. The van der Waals surface area contributed by atoms with E-state index in [1.807, 2.05) is 87.4 Å². The molecule has 7 fully saturated rings. The number of Topliss-reactive ketones (excluding diaryl/α,β-unsaturated/α-hetero) is 1. The molecule has 5 unspecified atom stereocenters. The fraction of sp³-hybridized carbons (Fsp3) is 0.647. The van der Waals surface area contributed by atoms with Crippen molar-refractivity contribution < 1.29 is 52.9 Å². The van der Waals surface area contributed by atoms with Gasteiger partial charge < -0.3 is 51.6 Å². The van der Waals surface area contributed by atoms with Gasteiger partial charge in [0.2, 0.25) is 0 Å². The van der Waals surface area contributed by atoms with Crippen LogP contribution < -0.4 is 32.3 Å². The van der Waals surface area contributed by atoms with Gasteiger partial charge in [-0.15, -0.1) is 0 Å². The average Bonchev–Trinajstić information content (AvgIpc) is 0.881. The van der Waals surface area contributed by atoms with Crippen LogP contribution in [0.4, 0.5) is 14.4 Å². The number of carbonyl (C=O) groups is 4. The van der Waals surface area contributed by atoms with Crippen molar-refractivity contribution in [3.63, 3.8) is 0 Å². The number of aliphatic hydroxyl groups is 1.